The van der Waals surface area contributed by atoms with Crippen molar-refractivity contribution in [1.29, 1.82) is 0 Å². The predicted octanol–water partition coefficient (Wildman–Crippen LogP) is 3.00. The number of methoxy groups -OCH3 is 1. The van der Waals surface area contributed by atoms with Crippen molar-refractivity contribution in [3.05, 3.63) is 70.5 Å². The number of ether oxygens (including phenoxy) is 1. The van der Waals surface area contributed by atoms with Crippen molar-refractivity contribution < 1.29 is 23.5 Å². The van der Waals surface area contributed by atoms with Crippen LogP contribution >= 0.6 is 11.6 Å². The largest absolute Gasteiger partial charge is 0.469 e. The highest BCUT2D eigenvalue weighted by atomic mass is 35.5. The van der Waals surface area contributed by atoms with Crippen molar-refractivity contribution >= 4 is 29.5 Å². The number of nitrogens with one attached hydrogen (secondary N) is 2. The summed E-state index contributed by atoms with van der Waals surface area (Å²) in [4.78, 5) is 35.8. The van der Waals surface area contributed by atoms with Gasteiger partial charge < -0.3 is 21.1 Å². The number of amides is 3. The normalized spacial score (nSPS) is 12.5. The Morgan fingerprint density at radius 1 is 1.00 bits per heavy atom. The standard InChI is InChI=1S/C20H21ClFN3O4/c1-29-19(27)11-17(12-6-2-4-8-14(12)21)24-18(26)10-16(25-20(23)28)13-7-3-5-9-15(13)22/h2-9,16-17H,10-11H2,1H3,(H,24,26)(H3,23,25,28)/t16-,17-/m0/s1. The van der Waals surface area contributed by atoms with Crippen LogP contribution in [0.2, 0.25) is 5.02 Å². The molecule has 29 heavy (non-hydrogen) atoms. The first kappa shape index (κ1) is 22.2. The molecule has 2 aromatic rings. The number of carbonyl (C=O) groups is 3. The summed E-state index contributed by atoms with van der Waals surface area (Å²) in [6, 6.07) is 9.81. The van der Waals surface area contributed by atoms with Gasteiger partial charge in [0.15, 0.2) is 0 Å². The molecule has 0 aliphatic rings. The van der Waals surface area contributed by atoms with E-state index in [1.54, 1.807) is 30.3 Å². The number of hydrogen-bond acceptors (Lipinski definition) is 4. The number of urea groups is 1. The van der Waals surface area contributed by atoms with E-state index in [4.69, 9.17) is 17.3 Å². The highest BCUT2D eigenvalue weighted by Crippen LogP contribution is 2.26. The second-order valence-electron chi connectivity index (χ2n) is 6.21. The molecule has 0 aliphatic heterocycles. The fraction of sp³-hybridized carbons (Fsp3) is 0.250. The molecule has 7 nitrogen and oxygen atoms in total. The summed E-state index contributed by atoms with van der Waals surface area (Å²) in [5.41, 5.74) is 5.81. The minimum absolute atomic E-state index is 0.115. The zero-order chi connectivity index (χ0) is 21.4. The van der Waals surface area contributed by atoms with Gasteiger partial charge in [-0.25, -0.2) is 9.18 Å². The van der Waals surface area contributed by atoms with Crippen molar-refractivity contribution in [2.75, 3.05) is 7.11 Å². The van der Waals surface area contributed by atoms with Crippen molar-refractivity contribution in [2.24, 2.45) is 5.73 Å². The lowest BCUT2D eigenvalue weighted by molar-refractivity contribution is -0.141. The van der Waals surface area contributed by atoms with Gasteiger partial charge in [0, 0.05) is 10.6 Å². The summed E-state index contributed by atoms with van der Waals surface area (Å²) in [7, 11) is 1.23. The lowest BCUT2D eigenvalue weighted by Gasteiger charge is -2.22. The van der Waals surface area contributed by atoms with E-state index in [1.807, 2.05) is 0 Å². The molecule has 2 atom stereocenters. The summed E-state index contributed by atoms with van der Waals surface area (Å²) < 4.78 is 18.8. The van der Waals surface area contributed by atoms with Crippen LogP contribution in [0.1, 0.15) is 36.1 Å². The van der Waals surface area contributed by atoms with Crippen molar-refractivity contribution in [3.63, 3.8) is 0 Å². The molecule has 0 aromatic heterocycles. The van der Waals surface area contributed by atoms with Gasteiger partial charge in [0.2, 0.25) is 5.91 Å². The van der Waals surface area contributed by atoms with Crippen LogP contribution in [0.25, 0.3) is 0 Å². The van der Waals surface area contributed by atoms with Crippen LogP contribution < -0.4 is 16.4 Å². The van der Waals surface area contributed by atoms with Gasteiger partial charge in [-0.2, -0.15) is 0 Å². The summed E-state index contributed by atoms with van der Waals surface area (Å²) in [6.07, 6.45) is -0.453. The molecule has 9 heteroatoms. The minimum Gasteiger partial charge on any atom is -0.469 e. The highest BCUT2D eigenvalue weighted by Gasteiger charge is 2.25. The second kappa shape index (κ2) is 10.4. The van der Waals surface area contributed by atoms with Crippen molar-refractivity contribution in [3.8, 4) is 0 Å². The minimum atomic E-state index is -0.987. The molecule has 2 aromatic carbocycles. The third kappa shape index (κ3) is 6.46. The van der Waals surface area contributed by atoms with Crippen LogP contribution in [0.15, 0.2) is 48.5 Å². The number of rotatable bonds is 8. The third-order valence-electron chi connectivity index (χ3n) is 4.20. The summed E-state index contributed by atoms with van der Waals surface area (Å²) in [5, 5.41) is 5.42. The van der Waals surface area contributed by atoms with E-state index in [-0.39, 0.29) is 18.4 Å². The van der Waals surface area contributed by atoms with Crippen molar-refractivity contribution in [1.82, 2.24) is 10.6 Å². The van der Waals surface area contributed by atoms with Gasteiger partial charge in [-0.3, -0.25) is 9.59 Å². The van der Waals surface area contributed by atoms with Crippen LogP contribution in [0.5, 0.6) is 0 Å². The molecule has 0 fully saturated rings. The average molecular weight is 422 g/mol. The Hall–Kier alpha value is -3.13. The maximum atomic E-state index is 14.1. The van der Waals surface area contributed by atoms with Gasteiger partial charge in [-0.15, -0.1) is 0 Å². The topological polar surface area (TPSA) is 111 Å². The van der Waals surface area contributed by atoms with E-state index in [9.17, 15) is 18.8 Å². The number of hydrogen-bond donors (Lipinski definition) is 3. The first-order valence-electron chi connectivity index (χ1n) is 8.72. The Morgan fingerprint density at radius 3 is 2.17 bits per heavy atom. The first-order valence-corrected chi connectivity index (χ1v) is 9.10. The molecular formula is C20H21ClFN3O4. The summed E-state index contributed by atoms with van der Waals surface area (Å²) in [6.45, 7) is 0. The number of benzene rings is 2. The Balaban J connectivity index is 2.22. The Morgan fingerprint density at radius 2 is 1.59 bits per heavy atom. The maximum absolute atomic E-state index is 14.1. The predicted molar refractivity (Wildman–Crippen MR) is 105 cm³/mol. The van der Waals surface area contributed by atoms with E-state index in [0.717, 1.165) is 0 Å². The zero-order valence-corrected chi connectivity index (χ0v) is 16.4. The molecule has 4 N–H and O–H groups in total. The van der Waals surface area contributed by atoms with Gasteiger partial charge in [0.05, 0.1) is 32.0 Å². The van der Waals surface area contributed by atoms with Crippen LogP contribution in [0.4, 0.5) is 9.18 Å². The molecule has 0 aliphatic carbocycles. The monoisotopic (exact) mass is 421 g/mol. The number of primary amides is 1. The van der Waals surface area contributed by atoms with Crippen molar-refractivity contribution in [2.45, 2.75) is 24.9 Å². The van der Waals surface area contributed by atoms with E-state index < -0.39 is 35.8 Å². The van der Waals surface area contributed by atoms with Gasteiger partial charge in [-0.1, -0.05) is 48.0 Å². The Kier molecular flexibility index (Phi) is 7.97. The number of esters is 1. The highest BCUT2D eigenvalue weighted by molar-refractivity contribution is 6.31. The molecule has 0 radical (unpaired) electrons. The van der Waals surface area contributed by atoms with E-state index in [0.29, 0.717) is 10.6 Å². The van der Waals surface area contributed by atoms with Gasteiger partial charge in [0.1, 0.15) is 5.82 Å². The van der Waals surface area contributed by atoms with E-state index in [2.05, 4.69) is 15.4 Å². The molecule has 0 heterocycles. The second-order valence-corrected chi connectivity index (χ2v) is 6.62. The molecule has 3 amide bonds. The third-order valence-corrected chi connectivity index (χ3v) is 4.55. The molecule has 154 valence electrons. The first-order chi connectivity index (χ1) is 13.8. The molecule has 0 saturated carbocycles. The van der Waals surface area contributed by atoms with E-state index >= 15 is 0 Å². The quantitative estimate of drug-likeness (QED) is 0.569. The number of halogens is 2. The van der Waals surface area contributed by atoms with E-state index in [1.165, 1.54) is 25.3 Å². The van der Waals surface area contributed by atoms with Gasteiger partial charge >= 0.3 is 12.0 Å². The van der Waals surface area contributed by atoms with Gasteiger partial charge in [0.25, 0.3) is 0 Å². The van der Waals surface area contributed by atoms with Crippen LogP contribution in [0, 0.1) is 5.82 Å². The fourth-order valence-corrected chi connectivity index (χ4v) is 3.12. The van der Waals surface area contributed by atoms with Crippen LogP contribution in [-0.4, -0.2) is 25.0 Å². The summed E-state index contributed by atoms with van der Waals surface area (Å²) in [5.74, 6) is -1.67. The van der Waals surface area contributed by atoms with Crippen LogP contribution in [-0.2, 0) is 14.3 Å². The number of nitrogens with two attached hydrogens (primary N) is 1. The average Bonchev–Trinajstić information content (AvgIpc) is 2.67. The Bertz CT molecular complexity index is 894. The zero-order valence-electron chi connectivity index (χ0n) is 15.7. The molecule has 0 saturated heterocycles. The molecule has 0 unspecified atom stereocenters. The summed E-state index contributed by atoms with van der Waals surface area (Å²) >= 11 is 6.19. The molecular weight excluding hydrogens is 401 g/mol. The Labute approximate surface area is 172 Å². The fourth-order valence-electron chi connectivity index (χ4n) is 2.85. The maximum Gasteiger partial charge on any atom is 0.312 e. The SMILES string of the molecule is COC(=O)C[C@H](NC(=O)C[C@H](NC(N)=O)c1ccccc1F)c1ccccc1Cl. The lowest BCUT2D eigenvalue weighted by atomic mass is 10.0. The molecule has 0 spiro atoms. The smallest absolute Gasteiger partial charge is 0.312 e. The van der Waals surface area contributed by atoms with Crippen LogP contribution in [0.3, 0.4) is 0 Å². The lowest BCUT2D eigenvalue weighted by Crippen LogP contribution is -2.38. The number of carbonyl (C=O) groups excluding carboxylic acids is 3. The van der Waals surface area contributed by atoms with Gasteiger partial charge in [-0.05, 0) is 17.7 Å². The molecule has 0 bridgehead atoms. The molecule has 2 rings (SSSR count).